The second-order valence-electron chi connectivity index (χ2n) is 4.16. The molecular weight excluding hydrogens is 263 g/mol. The number of hydrogen-bond donors (Lipinski definition) is 0. The third-order valence-electron chi connectivity index (χ3n) is 2.97. The average Bonchev–Trinajstić information content (AvgIpc) is 3.03. The standard InChI is InChI=1S/C14H11FN2OS/c1-2-17-6-5-16-14(17)13(18)12-7-9-3-4-10(15)8-11(9)19-12/h3-8H,2H2,1H3. The Morgan fingerprint density at radius 1 is 1.42 bits per heavy atom. The highest BCUT2D eigenvalue weighted by Gasteiger charge is 2.17. The number of aromatic nitrogens is 2. The van der Waals surface area contributed by atoms with E-state index < -0.39 is 0 Å². The number of thiophene rings is 1. The molecule has 3 nitrogen and oxygen atoms in total. The van der Waals surface area contributed by atoms with Crippen molar-refractivity contribution in [1.82, 2.24) is 9.55 Å². The molecule has 5 heteroatoms. The van der Waals surface area contributed by atoms with Gasteiger partial charge in [0.15, 0.2) is 5.82 Å². The molecule has 0 amide bonds. The van der Waals surface area contributed by atoms with E-state index in [0.29, 0.717) is 17.2 Å². The van der Waals surface area contributed by atoms with Gasteiger partial charge >= 0.3 is 0 Å². The summed E-state index contributed by atoms with van der Waals surface area (Å²) in [5.41, 5.74) is 0. The van der Waals surface area contributed by atoms with Crippen LogP contribution in [0.3, 0.4) is 0 Å². The molecule has 19 heavy (non-hydrogen) atoms. The SMILES string of the molecule is CCn1ccnc1C(=O)c1cc2ccc(F)cc2s1. The smallest absolute Gasteiger partial charge is 0.238 e. The van der Waals surface area contributed by atoms with Gasteiger partial charge in [0.05, 0.1) is 4.88 Å². The Kier molecular flexibility index (Phi) is 2.91. The number of halogens is 1. The van der Waals surface area contributed by atoms with Crippen molar-refractivity contribution in [2.24, 2.45) is 0 Å². The maximum atomic E-state index is 13.1. The number of rotatable bonds is 3. The van der Waals surface area contributed by atoms with Crippen LogP contribution in [0.4, 0.5) is 4.39 Å². The molecule has 0 saturated heterocycles. The van der Waals surface area contributed by atoms with Crippen LogP contribution in [0.15, 0.2) is 36.7 Å². The van der Waals surface area contributed by atoms with Crippen molar-refractivity contribution in [3.63, 3.8) is 0 Å². The highest BCUT2D eigenvalue weighted by Crippen LogP contribution is 2.27. The van der Waals surface area contributed by atoms with Crippen LogP contribution in [0.25, 0.3) is 10.1 Å². The zero-order valence-electron chi connectivity index (χ0n) is 10.3. The topological polar surface area (TPSA) is 34.9 Å². The molecule has 0 aliphatic rings. The van der Waals surface area contributed by atoms with Crippen LogP contribution in [-0.2, 0) is 6.54 Å². The highest BCUT2D eigenvalue weighted by atomic mass is 32.1. The van der Waals surface area contributed by atoms with Gasteiger partial charge in [-0.25, -0.2) is 9.37 Å². The van der Waals surface area contributed by atoms with E-state index in [1.165, 1.54) is 23.5 Å². The van der Waals surface area contributed by atoms with Gasteiger partial charge in [-0.05, 0) is 30.5 Å². The number of nitrogens with zero attached hydrogens (tertiary/aromatic N) is 2. The molecule has 2 aromatic heterocycles. The van der Waals surface area contributed by atoms with Gasteiger partial charge in [0.25, 0.3) is 0 Å². The van der Waals surface area contributed by atoms with Crippen LogP contribution in [0, 0.1) is 5.82 Å². The van der Waals surface area contributed by atoms with E-state index in [4.69, 9.17) is 0 Å². The first kappa shape index (κ1) is 12.0. The van der Waals surface area contributed by atoms with Crippen molar-refractivity contribution in [2.75, 3.05) is 0 Å². The molecule has 1 aromatic carbocycles. The van der Waals surface area contributed by atoms with Gasteiger partial charge < -0.3 is 4.57 Å². The Morgan fingerprint density at radius 3 is 3.05 bits per heavy atom. The fraction of sp³-hybridized carbons (Fsp3) is 0.143. The van der Waals surface area contributed by atoms with Crippen molar-refractivity contribution in [1.29, 1.82) is 0 Å². The second-order valence-corrected chi connectivity index (χ2v) is 5.24. The lowest BCUT2D eigenvalue weighted by atomic mass is 10.2. The third-order valence-corrected chi connectivity index (χ3v) is 4.06. The molecule has 0 atom stereocenters. The zero-order valence-corrected chi connectivity index (χ0v) is 11.1. The molecule has 96 valence electrons. The summed E-state index contributed by atoms with van der Waals surface area (Å²) < 4.78 is 15.7. The van der Waals surface area contributed by atoms with Gasteiger partial charge in [-0.1, -0.05) is 6.07 Å². The first-order valence-corrected chi connectivity index (χ1v) is 6.75. The van der Waals surface area contributed by atoms with Gasteiger partial charge in [0.2, 0.25) is 5.78 Å². The molecule has 0 N–H and O–H groups in total. The predicted octanol–water partition coefficient (Wildman–Crippen LogP) is 3.49. The van der Waals surface area contributed by atoms with Gasteiger partial charge in [-0.15, -0.1) is 11.3 Å². The molecule has 0 saturated carbocycles. The summed E-state index contributed by atoms with van der Waals surface area (Å²) in [4.78, 5) is 17.1. The summed E-state index contributed by atoms with van der Waals surface area (Å²) in [5, 5.41) is 0.879. The van der Waals surface area contributed by atoms with Crippen LogP contribution in [0.5, 0.6) is 0 Å². The molecule has 0 fully saturated rings. The van der Waals surface area contributed by atoms with Crippen LogP contribution in [0.2, 0.25) is 0 Å². The van der Waals surface area contributed by atoms with E-state index in [-0.39, 0.29) is 11.6 Å². The molecule has 0 bridgehead atoms. The van der Waals surface area contributed by atoms with E-state index in [1.807, 2.05) is 6.92 Å². The monoisotopic (exact) mass is 274 g/mol. The van der Waals surface area contributed by atoms with Crippen LogP contribution < -0.4 is 0 Å². The highest BCUT2D eigenvalue weighted by molar-refractivity contribution is 7.21. The van der Waals surface area contributed by atoms with Crippen LogP contribution in [-0.4, -0.2) is 15.3 Å². The first-order valence-electron chi connectivity index (χ1n) is 5.94. The minimum absolute atomic E-state index is 0.117. The minimum atomic E-state index is -0.289. The summed E-state index contributed by atoms with van der Waals surface area (Å²) in [6, 6.07) is 6.32. The van der Waals surface area contributed by atoms with Crippen LogP contribution in [0.1, 0.15) is 22.4 Å². The Labute approximate surface area is 113 Å². The lowest BCUT2D eigenvalue weighted by molar-refractivity contribution is 0.102. The number of imidazole rings is 1. The summed E-state index contributed by atoms with van der Waals surface area (Å²) in [5.74, 6) is 0.0198. The molecule has 0 aliphatic carbocycles. The Balaban J connectivity index is 2.07. The average molecular weight is 274 g/mol. The number of carbonyl (C=O) groups excluding carboxylic acids is 1. The second kappa shape index (κ2) is 4.59. The van der Waals surface area contributed by atoms with Gasteiger partial charge in [0, 0.05) is 23.6 Å². The number of ketones is 1. The Hall–Kier alpha value is -2.01. The normalized spacial score (nSPS) is 11.1. The Morgan fingerprint density at radius 2 is 2.26 bits per heavy atom. The number of carbonyl (C=O) groups is 1. The molecular formula is C14H11FN2OS. The predicted molar refractivity (Wildman–Crippen MR) is 73.1 cm³/mol. The van der Waals surface area contributed by atoms with Crippen molar-refractivity contribution < 1.29 is 9.18 Å². The van der Waals surface area contributed by atoms with Gasteiger partial charge in [-0.3, -0.25) is 4.79 Å². The fourth-order valence-electron chi connectivity index (χ4n) is 2.00. The van der Waals surface area contributed by atoms with E-state index in [9.17, 15) is 9.18 Å². The fourth-order valence-corrected chi connectivity index (χ4v) is 3.02. The summed E-state index contributed by atoms with van der Waals surface area (Å²) in [6.07, 6.45) is 3.39. The molecule has 3 aromatic rings. The summed E-state index contributed by atoms with van der Waals surface area (Å²) >= 11 is 1.29. The number of benzene rings is 1. The van der Waals surface area contributed by atoms with Crippen molar-refractivity contribution in [3.05, 3.63) is 53.2 Å². The van der Waals surface area contributed by atoms with E-state index in [0.717, 1.165) is 10.1 Å². The minimum Gasteiger partial charge on any atom is -0.328 e. The molecule has 3 rings (SSSR count). The van der Waals surface area contributed by atoms with E-state index in [1.54, 1.807) is 29.1 Å². The summed E-state index contributed by atoms with van der Waals surface area (Å²) in [7, 11) is 0. The molecule has 0 spiro atoms. The summed E-state index contributed by atoms with van der Waals surface area (Å²) in [6.45, 7) is 2.65. The zero-order chi connectivity index (χ0) is 13.4. The van der Waals surface area contributed by atoms with Gasteiger partial charge in [0.1, 0.15) is 5.82 Å². The maximum Gasteiger partial charge on any atom is 0.238 e. The molecule has 0 unspecified atom stereocenters. The van der Waals surface area contributed by atoms with Crippen molar-refractivity contribution in [2.45, 2.75) is 13.5 Å². The Bertz CT molecular complexity index is 760. The maximum absolute atomic E-state index is 13.1. The van der Waals surface area contributed by atoms with E-state index in [2.05, 4.69) is 4.98 Å². The molecule has 0 radical (unpaired) electrons. The van der Waals surface area contributed by atoms with E-state index >= 15 is 0 Å². The lowest BCUT2D eigenvalue weighted by Crippen LogP contribution is -2.08. The third kappa shape index (κ3) is 2.06. The molecule has 2 heterocycles. The lowest BCUT2D eigenvalue weighted by Gasteiger charge is -2.01. The number of fused-ring (bicyclic) bond motifs is 1. The number of aryl methyl sites for hydroxylation is 1. The molecule has 0 aliphatic heterocycles. The first-order chi connectivity index (χ1) is 9.19. The number of hydrogen-bond acceptors (Lipinski definition) is 3. The quantitative estimate of drug-likeness (QED) is 0.685. The van der Waals surface area contributed by atoms with Crippen molar-refractivity contribution in [3.8, 4) is 0 Å². The van der Waals surface area contributed by atoms with Crippen molar-refractivity contribution >= 4 is 27.2 Å². The largest absolute Gasteiger partial charge is 0.328 e. The van der Waals surface area contributed by atoms with Crippen LogP contribution >= 0.6 is 11.3 Å². The van der Waals surface area contributed by atoms with Gasteiger partial charge in [-0.2, -0.15) is 0 Å².